The molecule has 3 heteroatoms. The first kappa shape index (κ1) is 12.8. The molecule has 0 amide bonds. The molecule has 0 unspecified atom stereocenters. The number of Topliss-reactive ketones (excluding diaryl/α,β-unsaturated/α-hetero) is 1. The van der Waals surface area contributed by atoms with Crippen LogP contribution in [-0.4, -0.2) is 10.8 Å². The average molecular weight is 260 g/mol. The lowest BCUT2D eigenvalue weighted by Gasteiger charge is -2.02. The van der Waals surface area contributed by atoms with Gasteiger partial charge in [-0.05, 0) is 35.7 Å². The van der Waals surface area contributed by atoms with Gasteiger partial charge in [0, 0.05) is 30.3 Å². The second-order valence-electron chi connectivity index (χ2n) is 4.21. The number of pyridine rings is 1. The summed E-state index contributed by atoms with van der Waals surface area (Å²) in [5.74, 6) is 0.223. The number of halogens is 1. The van der Waals surface area contributed by atoms with E-state index in [1.807, 2.05) is 36.4 Å². The second kappa shape index (κ2) is 6.31. The Balaban J connectivity index is 1.86. The van der Waals surface area contributed by atoms with Crippen molar-refractivity contribution >= 4 is 17.4 Å². The third-order valence-electron chi connectivity index (χ3n) is 2.71. The molecule has 2 rings (SSSR count). The number of hydrogen-bond donors (Lipinski definition) is 0. The predicted molar refractivity (Wildman–Crippen MR) is 72.7 cm³/mol. The van der Waals surface area contributed by atoms with Crippen LogP contribution in [0.1, 0.15) is 17.5 Å². The van der Waals surface area contributed by atoms with Crippen LogP contribution in [0.15, 0.2) is 48.8 Å². The molecule has 1 heterocycles. The van der Waals surface area contributed by atoms with Gasteiger partial charge >= 0.3 is 0 Å². The molecule has 0 N–H and O–H groups in total. The summed E-state index contributed by atoms with van der Waals surface area (Å²) in [4.78, 5) is 15.9. The predicted octanol–water partition coefficient (Wildman–Crippen LogP) is 3.48. The summed E-state index contributed by atoms with van der Waals surface area (Å²) in [6.45, 7) is 0. The first-order valence-corrected chi connectivity index (χ1v) is 6.27. The van der Waals surface area contributed by atoms with Gasteiger partial charge in [0.05, 0.1) is 0 Å². The maximum atomic E-state index is 11.8. The van der Waals surface area contributed by atoms with E-state index in [4.69, 9.17) is 11.6 Å². The third-order valence-corrected chi connectivity index (χ3v) is 2.94. The molecule has 0 bridgehead atoms. The minimum absolute atomic E-state index is 0.223. The Labute approximate surface area is 112 Å². The molecule has 2 aromatic rings. The summed E-state index contributed by atoms with van der Waals surface area (Å²) in [5, 5.41) is 0.674. The minimum atomic E-state index is 0.223. The van der Waals surface area contributed by atoms with E-state index in [0.29, 0.717) is 17.9 Å². The molecular weight excluding hydrogens is 246 g/mol. The normalized spacial score (nSPS) is 10.3. The van der Waals surface area contributed by atoms with Crippen molar-refractivity contribution in [2.45, 2.75) is 19.3 Å². The van der Waals surface area contributed by atoms with Crippen LogP contribution in [0.25, 0.3) is 0 Å². The summed E-state index contributed by atoms with van der Waals surface area (Å²) in [5.41, 5.74) is 2.07. The van der Waals surface area contributed by atoms with Crippen LogP contribution in [0, 0.1) is 0 Å². The summed E-state index contributed by atoms with van der Waals surface area (Å²) in [7, 11) is 0. The van der Waals surface area contributed by atoms with Gasteiger partial charge in [0.2, 0.25) is 0 Å². The fourth-order valence-electron chi connectivity index (χ4n) is 1.79. The average Bonchev–Trinajstić information content (AvgIpc) is 2.38. The Hall–Kier alpha value is -1.67. The van der Waals surface area contributed by atoms with Crippen molar-refractivity contribution in [3.8, 4) is 0 Å². The Bertz CT molecular complexity index is 525. The van der Waals surface area contributed by atoms with Crippen LogP contribution in [-0.2, 0) is 17.6 Å². The van der Waals surface area contributed by atoms with E-state index in [1.165, 1.54) is 0 Å². The molecule has 0 spiro atoms. The van der Waals surface area contributed by atoms with Gasteiger partial charge in [0.15, 0.2) is 0 Å². The molecule has 0 aliphatic carbocycles. The highest BCUT2D eigenvalue weighted by molar-refractivity contribution is 6.30. The number of benzene rings is 1. The topological polar surface area (TPSA) is 30.0 Å². The number of aryl methyl sites for hydroxylation is 1. The number of aromatic nitrogens is 1. The lowest BCUT2D eigenvalue weighted by molar-refractivity contribution is -0.118. The van der Waals surface area contributed by atoms with E-state index < -0.39 is 0 Å². The highest BCUT2D eigenvalue weighted by Gasteiger charge is 2.05. The number of ketones is 1. The van der Waals surface area contributed by atoms with Crippen LogP contribution in [0.4, 0.5) is 0 Å². The minimum Gasteiger partial charge on any atom is -0.299 e. The zero-order valence-corrected chi connectivity index (χ0v) is 10.7. The van der Waals surface area contributed by atoms with E-state index in [0.717, 1.165) is 17.5 Å². The first-order chi connectivity index (χ1) is 8.74. The Kier molecular flexibility index (Phi) is 4.48. The van der Waals surface area contributed by atoms with Gasteiger partial charge < -0.3 is 0 Å². The van der Waals surface area contributed by atoms with Gasteiger partial charge in [-0.2, -0.15) is 0 Å². The van der Waals surface area contributed by atoms with Gasteiger partial charge in [0.25, 0.3) is 0 Å². The van der Waals surface area contributed by atoms with Gasteiger partial charge in [0.1, 0.15) is 5.78 Å². The van der Waals surface area contributed by atoms with E-state index >= 15 is 0 Å². The van der Waals surface area contributed by atoms with Crippen LogP contribution in [0.2, 0.25) is 5.02 Å². The van der Waals surface area contributed by atoms with E-state index in [9.17, 15) is 4.79 Å². The highest BCUT2D eigenvalue weighted by Crippen LogP contribution is 2.12. The van der Waals surface area contributed by atoms with E-state index in [1.54, 1.807) is 12.4 Å². The molecule has 0 aliphatic rings. The molecule has 2 nitrogen and oxygen atoms in total. The standard InChI is InChI=1S/C15H14ClNO/c16-14-5-1-3-13(9-14)10-15(18)7-6-12-4-2-8-17-11-12/h1-5,8-9,11H,6-7,10H2. The molecule has 0 aliphatic heterocycles. The van der Waals surface area contributed by atoms with Crippen molar-refractivity contribution in [2.24, 2.45) is 0 Å². The van der Waals surface area contributed by atoms with Crippen molar-refractivity contribution in [2.75, 3.05) is 0 Å². The molecule has 0 fully saturated rings. The summed E-state index contributed by atoms with van der Waals surface area (Å²) in [6, 6.07) is 11.3. The third kappa shape index (κ3) is 3.97. The van der Waals surface area contributed by atoms with Crippen molar-refractivity contribution in [1.29, 1.82) is 0 Å². The lowest BCUT2D eigenvalue weighted by Crippen LogP contribution is -2.04. The van der Waals surface area contributed by atoms with Crippen molar-refractivity contribution in [3.05, 3.63) is 64.9 Å². The number of nitrogens with zero attached hydrogens (tertiary/aromatic N) is 1. The Morgan fingerprint density at radius 2 is 2.00 bits per heavy atom. The summed E-state index contributed by atoms with van der Waals surface area (Å²) >= 11 is 5.88. The summed E-state index contributed by atoms with van der Waals surface area (Å²) in [6.07, 6.45) is 5.26. The maximum absolute atomic E-state index is 11.8. The maximum Gasteiger partial charge on any atom is 0.137 e. The van der Waals surface area contributed by atoms with Crippen molar-refractivity contribution < 1.29 is 4.79 Å². The molecule has 18 heavy (non-hydrogen) atoms. The SMILES string of the molecule is O=C(CCc1cccnc1)Cc1cccc(Cl)c1. The monoisotopic (exact) mass is 259 g/mol. The largest absolute Gasteiger partial charge is 0.299 e. The smallest absolute Gasteiger partial charge is 0.137 e. The van der Waals surface area contributed by atoms with Crippen LogP contribution < -0.4 is 0 Å². The second-order valence-corrected chi connectivity index (χ2v) is 4.64. The summed E-state index contributed by atoms with van der Waals surface area (Å²) < 4.78 is 0. The first-order valence-electron chi connectivity index (χ1n) is 5.89. The number of carbonyl (C=O) groups excluding carboxylic acids is 1. The number of carbonyl (C=O) groups is 1. The van der Waals surface area contributed by atoms with Crippen molar-refractivity contribution in [3.63, 3.8) is 0 Å². The quantitative estimate of drug-likeness (QED) is 0.823. The molecule has 0 saturated heterocycles. The fourth-order valence-corrected chi connectivity index (χ4v) is 2.01. The van der Waals surface area contributed by atoms with Gasteiger partial charge in [-0.1, -0.05) is 29.8 Å². The molecule has 0 saturated carbocycles. The van der Waals surface area contributed by atoms with Crippen LogP contribution in [0.3, 0.4) is 0 Å². The van der Waals surface area contributed by atoms with Gasteiger partial charge in [-0.3, -0.25) is 9.78 Å². The highest BCUT2D eigenvalue weighted by atomic mass is 35.5. The molecule has 0 atom stereocenters. The zero-order valence-electron chi connectivity index (χ0n) is 9.97. The Morgan fingerprint density at radius 3 is 2.72 bits per heavy atom. The fraction of sp³-hybridized carbons (Fsp3) is 0.200. The van der Waals surface area contributed by atoms with Gasteiger partial charge in [-0.25, -0.2) is 0 Å². The van der Waals surface area contributed by atoms with Gasteiger partial charge in [-0.15, -0.1) is 0 Å². The Morgan fingerprint density at radius 1 is 1.17 bits per heavy atom. The number of hydrogen-bond acceptors (Lipinski definition) is 2. The molecule has 1 aromatic heterocycles. The molecular formula is C15H14ClNO. The van der Waals surface area contributed by atoms with E-state index in [-0.39, 0.29) is 5.78 Å². The van der Waals surface area contributed by atoms with E-state index in [2.05, 4.69) is 4.98 Å². The van der Waals surface area contributed by atoms with Crippen LogP contribution >= 0.6 is 11.6 Å². The van der Waals surface area contributed by atoms with Crippen LogP contribution in [0.5, 0.6) is 0 Å². The molecule has 1 aromatic carbocycles. The lowest BCUT2D eigenvalue weighted by atomic mass is 10.0. The molecule has 92 valence electrons. The number of rotatable bonds is 5. The molecule has 0 radical (unpaired) electrons. The zero-order chi connectivity index (χ0) is 12.8. The van der Waals surface area contributed by atoms with Crippen molar-refractivity contribution in [1.82, 2.24) is 4.98 Å².